The predicted molar refractivity (Wildman–Crippen MR) is 68.9 cm³/mol. The Morgan fingerprint density at radius 2 is 1.87 bits per heavy atom. The molecule has 0 N–H and O–H groups in total. The van der Waals surface area contributed by atoms with Gasteiger partial charge in [-0.3, -0.25) is 0 Å². The summed E-state index contributed by atoms with van der Waals surface area (Å²) in [7, 11) is 0. The lowest BCUT2D eigenvalue weighted by molar-refractivity contribution is 0.534. The lowest BCUT2D eigenvalue weighted by Crippen LogP contribution is -2.15. The fourth-order valence-electron chi connectivity index (χ4n) is 1.45. The van der Waals surface area contributed by atoms with Crippen LogP contribution in [0.3, 0.4) is 0 Å². The lowest BCUT2D eigenvalue weighted by atomic mass is 9.81. The quantitative estimate of drug-likeness (QED) is 0.637. The molecule has 0 amide bonds. The van der Waals surface area contributed by atoms with Gasteiger partial charge >= 0.3 is 0 Å². The molecule has 0 aromatic heterocycles. The van der Waals surface area contributed by atoms with Crippen molar-refractivity contribution >= 4 is 23.2 Å². The molecule has 0 saturated carbocycles. The average Bonchev–Trinajstić information content (AvgIpc) is 2.19. The molecule has 0 saturated heterocycles. The third-order valence-corrected chi connectivity index (χ3v) is 3.30. The smallest absolute Gasteiger partial charge is 0.0595 e. The van der Waals surface area contributed by atoms with Gasteiger partial charge in [0.1, 0.15) is 0 Å². The first-order chi connectivity index (χ1) is 6.97. The van der Waals surface area contributed by atoms with Gasteiger partial charge in [-0.2, -0.15) is 0 Å². The summed E-state index contributed by atoms with van der Waals surface area (Å²) in [6.07, 6.45) is 5.24. The second-order valence-electron chi connectivity index (χ2n) is 4.29. The van der Waals surface area contributed by atoms with Crippen molar-refractivity contribution in [1.29, 1.82) is 0 Å². The van der Waals surface area contributed by atoms with Gasteiger partial charge in [0.15, 0.2) is 0 Å². The fourth-order valence-corrected chi connectivity index (χ4v) is 1.75. The van der Waals surface area contributed by atoms with Crippen LogP contribution >= 0.6 is 23.2 Å². The molecule has 0 aliphatic carbocycles. The highest BCUT2D eigenvalue weighted by Crippen LogP contribution is 2.32. The Balaban J connectivity index is 2.99. The maximum atomic E-state index is 6.00. The van der Waals surface area contributed by atoms with Gasteiger partial charge in [0.2, 0.25) is 0 Å². The van der Waals surface area contributed by atoms with Gasteiger partial charge in [-0.15, -0.1) is 0 Å². The molecule has 0 spiro atoms. The van der Waals surface area contributed by atoms with E-state index < -0.39 is 0 Å². The van der Waals surface area contributed by atoms with Crippen LogP contribution in [0.15, 0.2) is 30.4 Å². The van der Waals surface area contributed by atoms with Crippen LogP contribution < -0.4 is 0 Å². The normalized spacial score (nSPS) is 12.3. The standard InChI is InChI=1S/C13H16Cl2/c1-4-5-8-13(2,3)10-6-7-11(14)12(15)9-10/h4-7,9H,8H2,1-3H3/b5-4+. The summed E-state index contributed by atoms with van der Waals surface area (Å²) in [5.74, 6) is 0. The van der Waals surface area contributed by atoms with E-state index in [-0.39, 0.29) is 5.41 Å². The molecule has 0 radical (unpaired) electrons. The largest absolute Gasteiger partial charge is 0.0916 e. The second kappa shape index (κ2) is 5.05. The number of allylic oxidation sites excluding steroid dienone is 2. The Labute approximate surface area is 102 Å². The topological polar surface area (TPSA) is 0 Å². The van der Waals surface area contributed by atoms with Crippen LogP contribution in [0, 0.1) is 0 Å². The van der Waals surface area contributed by atoms with Crippen LogP contribution in [0.5, 0.6) is 0 Å². The van der Waals surface area contributed by atoms with Gasteiger partial charge in [-0.25, -0.2) is 0 Å². The van der Waals surface area contributed by atoms with E-state index in [1.54, 1.807) is 0 Å². The lowest BCUT2D eigenvalue weighted by Gasteiger charge is -2.24. The van der Waals surface area contributed by atoms with Crippen LogP contribution in [0.4, 0.5) is 0 Å². The molecule has 15 heavy (non-hydrogen) atoms. The molecule has 1 rings (SSSR count). The van der Waals surface area contributed by atoms with Crippen molar-refractivity contribution in [3.63, 3.8) is 0 Å². The fraction of sp³-hybridized carbons (Fsp3) is 0.385. The number of rotatable bonds is 3. The van der Waals surface area contributed by atoms with Crippen LogP contribution in [-0.2, 0) is 5.41 Å². The van der Waals surface area contributed by atoms with E-state index in [4.69, 9.17) is 23.2 Å². The summed E-state index contributed by atoms with van der Waals surface area (Å²) in [5.41, 5.74) is 1.32. The zero-order valence-corrected chi connectivity index (χ0v) is 10.9. The second-order valence-corrected chi connectivity index (χ2v) is 5.10. The molecule has 0 fully saturated rings. The van der Waals surface area contributed by atoms with E-state index in [9.17, 15) is 0 Å². The number of hydrogen-bond donors (Lipinski definition) is 0. The molecule has 1 aromatic carbocycles. The maximum Gasteiger partial charge on any atom is 0.0595 e. The molecule has 0 aliphatic heterocycles. The van der Waals surface area contributed by atoms with Crippen molar-refractivity contribution < 1.29 is 0 Å². The Morgan fingerprint density at radius 3 is 2.40 bits per heavy atom. The molecular weight excluding hydrogens is 227 g/mol. The van der Waals surface area contributed by atoms with Gasteiger partial charge in [-0.05, 0) is 36.5 Å². The van der Waals surface area contributed by atoms with Crippen LogP contribution in [0.25, 0.3) is 0 Å². The summed E-state index contributed by atoms with van der Waals surface area (Å²) in [6, 6.07) is 5.85. The molecule has 1 aromatic rings. The van der Waals surface area contributed by atoms with Crippen LogP contribution in [0.1, 0.15) is 32.8 Å². The first kappa shape index (κ1) is 12.6. The minimum Gasteiger partial charge on any atom is -0.0916 e. The Bertz CT molecular complexity index is 365. The highest BCUT2D eigenvalue weighted by molar-refractivity contribution is 6.42. The molecule has 82 valence electrons. The Morgan fingerprint density at radius 1 is 1.20 bits per heavy atom. The molecule has 0 unspecified atom stereocenters. The highest BCUT2D eigenvalue weighted by Gasteiger charge is 2.19. The van der Waals surface area contributed by atoms with E-state index in [0.29, 0.717) is 10.0 Å². The number of benzene rings is 1. The van der Waals surface area contributed by atoms with Crippen molar-refractivity contribution in [3.8, 4) is 0 Å². The van der Waals surface area contributed by atoms with E-state index in [0.717, 1.165) is 6.42 Å². The summed E-state index contributed by atoms with van der Waals surface area (Å²) in [5, 5.41) is 1.24. The van der Waals surface area contributed by atoms with Crippen molar-refractivity contribution in [2.45, 2.75) is 32.6 Å². The van der Waals surface area contributed by atoms with Gasteiger partial charge < -0.3 is 0 Å². The minimum atomic E-state index is 0.0980. The summed E-state index contributed by atoms with van der Waals surface area (Å²) < 4.78 is 0. The van der Waals surface area contributed by atoms with E-state index in [1.807, 2.05) is 25.1 Å². The van der Waals surface area contributed by atoms with Gasteiger partial charge in [-0.1, -0.05) is 55.3 Å². The molecule has 0 atom stereocenters. The van der Waals surface area contributed by atoms with E-state index in [1.165, 1.54) is 5.56 Å². The average molecular weight is 243 g/mol. The van der Waals surface area contributed by atoms with Crippen LogP contribution in [0.2, 0.25) is 10.0 Å². The zero-order valence-electron chi connectivity index (χ0n) is 9.35. The van der Waals surface area contributed by atoms with Crippen molar-refractivity contribution in [2.24, 2.45) is 0 Å². The summed E-state index contributed by atoms with van der Waals surface area (Å²) in [6.45, 7) is 6.43. The Hall–Kier alpha value is -0.460. The van der Waals surface area contributed by atoms with Gasteiger partial charge in [0.05, 0.1) is 10.0 Å². The number of halogens is 2. The molecular formula is C13H16Cl2. The summed E-state index contributed by atoms with van der Waals surface area (Å²) in [4.78, 5) is 0. The van der Waals surface area contributed by atoms with Gasteiger partial charge in [0.25, 0.3) is 0 Å². The molecule has 0 nitrogen and oxygen atoms in total. The summed E-state index contributed by atoms with van der Waals surface area (Å²) >= 11 is 11.9. The molecule has 2 heteroatoms. The van der Waals surface area contributed by atoms with Crippen molar-refractivity contribution in [3.05, 3.63) is 46.0 Å². The molecule has 0 heterocycles. The Kier molecular flexibility index (Phi) is 4.24. The monoisotopic (exact) mass is 242 g/mol. The first-order valence-electron chi connectivity index (χ1n) is 5.04. The van der Waals surface area contributed by atoms with Crippen molar-refractivity contribution in [1.82, 2.24) is 0 Å². The highest BCUT2D eigenvalue weighted by atomic mass is 35.5. The molecule has 0 aliphatic rings. The third-order valence-electron chi connectivity index (χ3n) is 2.56. The predicted octanol–water partition coefficient (Wildman–Crippen LogP) is 5.24. The SMILES string of the molecule is C/C=C/CC(C)(C)c1ccc(Cl)c(Cl)c1. The van der Waals surface area contributed by atoms with Gasteiger partial charge in [0, 0.05) is 0 Å². The maximum absolute atomic E-state index is 6.00. The first-order valence-corrected chi connectivity index (χ1v) is 5.79. The van der Waals surface area contributed by atoms with E-state index >= 15 is 0 Å². The number of hydrogen-bond acceptors (Lipinski definition) is 0. The van der Waals surface area contributed by atoms with E-state index in [2.05, 4.69) is 26.0 Å². The minimum absolute atomic E-state index is 0.0980. The van der Waals surface area contributed by atoms with Crippen molar-refractivity contribution in [2.75, 3.05) is 0 Å². The zero-order chi connectivity index (χ0) is 11.5. The molecule has 0 bridgehead atoms. The van der Waals surface area contributed by atoms with Crippen LogP contribution in [-0.4, -0.2) is 0 Å². The third kappa shape index (κ3) is 3.25.